The van der Waals surface area contributed by atoms with Crippen molar-refractivity contribution in [1.29, 1.82) is 0 Å². The second-order valence-corrected chi connectivity index (χ2v) is 6.68. The molecule has 1 N–H and O–H groups in total. The molecule has 6 nitrogen and oxygen atoms in total. The van der Waals surface area contributed by atoms with E-state index in [1.807, 2.05) is 37.3 Å². The van der Waals surface area contributed by atoms with Gasteiger partial charge in [0.25, 0.3) is 0 Å². The molecule has 2 rings (SSSR count). The highest BCUT2D eigenvalue weighted by molar-refractivity contribution is 7.52. The maximum atomic E-state index is 11.9. The molecule has 1 unspecified atom stereocenters. The normalized spacial score (nSPS) is 13.8. The molecule has 0 aliphatic rings. The van der Waals surface area contributed by atoms with Crippen LogP contribution in [-0.2, 0) is 18.7 Å². The van der Waals surface area contributed by atoms with Crippen LogP contribution in [0.2, 0.25) is 0 Å². The fraction of sp³-hybridized carbons (Fsp3) is 0.375. The van der Waals surface area contributed by atoms with E-state index in [9.17, 15) is 9.46 Å². The van der Waals surface area contributed by atoms with Gasteiger partial charge in [0.2, 0.25) is 0 Å². The van der Waals surface area contributed by atoms with Gasteiger partial charge in [-0.25, -0.2) is 0 Å². The van der Waals surface area contributed by atoms with Crippen molar-refractivity contribution < 1.29 is 28.5 Å². The Labute approximate surface area is 135 Å². The minimum absolute atomic E-state index is 0.0970. The molecule has 2 aromatic carbocycles. The molecule has 0 bridgehead atoms. The molecular formula is C16H21O6P. The molecule has 1 atom stereocenters. The van der Waals surface area contributed by atoms with E-state index in [0.29, 0.717) is 25.6 Å². The number of fused-ring (bicyclic) bond motifs is 1. The summed E-state index contributed by atoms with van der Waals surface area (Å²) in [7, 11) is -3.88. The van der Waals surface area contributed by atoms with Gasteiger partial charge in [0.05, 0.1) is 26.0 Å². The van der Waals surface area contributed by atoms with E-state index >= 15 is 0 Å². The fourth-order valence-electron chi connectivity index (χ4n) is 1.95. The van der Waals surface area contributed by atoms with Crippen molar-refractivity contribution in [1.82, 2.24) is 0 Å². The summed E-state index contributed by atoms with van der Waals surface area (Å²) in [6, 6.07) is 12.9. The third kappa shape index (κ3) is 5.94. The SMILES string of the molecule is CCOCCOCCP(=O)(O)OOc1cccc2ccccc12. The number of rotatable bonds is 10. The van der Waals surface area contributed by atoms with Gasteiger partial charge >= 0.3 is 7.60 Å². The van der Waals surface area contributed by atoms with Crippen molar-refractivity contribution in [3.8, 4) is 5.75 Å². The Bertz CT molecular complexity index is 655. The molecule has 0 saturated carbocycles. The Kier molecular flexibility index (Phi) is 7.02. The molecule has 0 aliphatic carbocycles. The summed E-state index contributed by atoms with van der Waals surface area (Å²) < 4.78 is 27.0. The minimum atomic E-state index is -3.88. The summed E-state index contributed by atoms with van der Waals surface area (Å²) >= 11 is 0. The monoisotopic (exact) mass is 340 g/mol. The van der Waals surface area contributed by atoms with Crippen molar-refractivity contribution in [3.63, 3.8) is 0 Å². The van der Waals surface area contributed by atoms with Crippen LogP contribution in [-0.4, -0.2) is 37.5 Å². The van der Waals surface area contributed by atoms with E-state index in [-0.39, 0.29) is 12.8 Å². The Morgan fingerprint density at radius 1 is 1.00 bits per heavy atom. The van der Waals surface area contributed by atoms with E-state index in [2.05, 4.69) is 0 Å². The van der Waals surface area contributed by atoms with Gasteiger partial charge in [0.15, 0.2) is 5.75 Å². The summed E-state index contributed by atoms with van der Waals surface area (Å²) in [4.78, 5) is 14.8. The molecule has 0 heterocycles. The number of ether oxygens (including phenoxy) is 2. The van der Waals surface area contributed by atoms with Crippen LogP contribution < -0.4 is 4.89 Å². The van der Waals surface area contributed by atoms with Crippen LogP contribution >= 0.6 is 7.60 Å². The summed E-state index contributed by atoms with van der Waals surface area (Å²) in [6.45, 7) is 3.43. The van der Waals surface area contributed by atoms with E-state index < -0.39 is 7.60 Å². The molecule has 0 amide bonds. The minimum Gasteiger partial charge on any atom is -0.379 e. The van der Waals surface area contributed by atoms with Gasteiger partial charge in [-0.1, -0.05) is 41.1 Å². The largest absolute Gasteiger partial charge is 0.379 e. The number of hydrogen-bond acceptors (Lipinski definition) is 5. The quantitative estimate of drug-likeness (QED) is 0.309. The lowest BCUT2D eigenvalue weighted by Gasteiger charge is -2.12. The van der Waals surface area contributed by atoms with Crippen LogP contribution in [0.15, 0.2) is 42.5 Å². The summed E-state index contributed by atoms with van der Waals surface area (Å²) in [5.41, 5.74) is 0. The smallest absolute Gasteiger partial charge is 0.369 e. The highest BCUT2D eigenvalue weighted by Crippen LogP contribution is 2.42. The van der Waals surface area contributed by atoms with Crippen LogP contribution in [0.5, 0.6) is 5.75 Å². The first kappa shape index (κ1) is 17.9. The fourth-order valence-corrected chi connectivity index (χ4v) is 2.58. The summed E-state index contributed by atoms with van der Waals surface area (Å²) in [6.07, 6.45) is -0.149. The van der Waals surface area contributed by atoms with Gasteiger partial charge in [-0.15, -0.1) is 0 Å². The maximum absolute atomic E-state index is 11.9. The van der Waals surface area contributed by atoms with Gasteiger partial charge in [-0.05, 0) is 18.4 Å². The van der Waals surface area contributed by atoms with Crippen molar-refractivity contribution in [2.75, 3.05) is 32.6 Å². The van der Waals surface area contributed by atoms with Gasteiger partial charge < -0.3 is 19.3 Å². The van der Waals surface area contributed by atoms with E-state index in [4.69, 9.17) is 19.0 Å². The molecule has 0 saturated heterocycles. The zero-order valence-corrected chi connectivity index (χ0v) is 13.9. The van der Waals surface area contributed by atoms with Crippen molar-refractivity contribution >= 4 is 18.4 Å². The van der Waals surface area contributed by atoms with Crippen molar-refractivity contribution in [3.05, 3.63) is 42.5 Å². The Balaban J connectivity index is 1.82. The molecule has 2 aromatic rings. The Morgan fingerprint density at radius 2 is 1.74 bits per heavy atom. The van der Waals surface area contributed by atoms with Gasteiger partial charge in [0.1, 0.15) is 0 Å². The lowest BCUT2D eigenvalue weighted by molar-refractivity contribution is -0.108. The van der Waals surface area contributed by atoms with E-state index in [1.165, 1.54) is 0 Å². The molecule has 7 heteroatoms. The maximum Gasteiger partial charge on any atom is 0.369 e. The average molecular weight is 340 g/mol. The predicted octanol–water partition coefficient (Wildman–Crippen LogP) is 3.39. The predicted molar refractivity (Wildman–Crippen MR) is 87.7 cm³/mol. The highest BCUT2D eigenvalue weighted by Gasteiger charge is 2.22. The second kappa shape index (κ2) is 9.01. The van der Waals surface area contributed by atoms with Crippen molar-refractivity contribution in [2.24, 2.45) is 0 Å². The first-order valence-corrected chi connectivity index (χ1v) is 9.20. The average Bonchev–Trinajstić information content (AvgIpc) is 2.56. The van der Waals surface area contributed by atoms with Crippen LogP contribution in [0.1, 0.15) is 6.92 Å². The molecule has 0 radical (unpaired) electrons. The first-order valence-electron chi connectivity index (χ1n) is 7.44. The topological polar surface area (TPSA) is 74.2 Å². The van der Waals surface area contributed by atoms with Gasteiger partial charge in [-0.3, -0.25) is 4.57 Å². The van der Waals surface area contributed by atoms with Crippen LogP contribution in [0, 0.1) is 0 Å². The van der Waals surface area contributed by atoms with Crippen LogP contribution in [0.3, 0.4) is 0 Å². The molecular weight excluding hydrogens is 319 g/mol. The van der Waals surface area contributed by atoms with Crippen LogP contribution in [0.4, 0.5) is 0 Å². The lowest BCUT2D eigenvalue weighted by atomic mass is 10.1. The number of hydrogen-bond donors (Lipinski definition) is 1. The standard InChI is InChI=1S/C16H21O6P/c1-2-19-10-11-20-12-13-23(17,18)22-21-16-9-5-7-14-6-3-4-8-15(14)16/h3-9H,2,10-13H2,1H3,(H,17,18). The van der Waals surface area contributed by atoms with Crippen LogP contribution in [0.25, 0.3) is 10.8 Å². The lowest BCUT2D eigenvalue weighted by Crippen LogP contribution is -2.09. The zero-order valence-electron chi connectivity index (χ0n) is 13.0. The molecule has 126 valence electrons. The summed E-state index contributed by atoms with van der Waals surface area (Å²) in [5.74, 6) is 0.398. The zero-order chi connectivity index (χ0) is 16.5. The first-order chi connectivity index (χ1) is 11.1. The van der Waals surface area contributed by atoms with Crippen molar-refractivity contribution in [2.45, 2.75) is 6.92 Å². The number of benzene rings is 2. The van der Waals surface area contributed by atoms with E-state index in [1.54, 1.807) is 12.1 Å². The Morgan fingerprint density at radius 3 is 2.57 bits per heavy atom. The molecule has 23 heavy (non-hydrogen) atoms. The molecule has 0 aromatic heterocycles. The van der Waals surface area contributed by atoms with Gasteiger partial charge in [-0.2, -0.15) is 0 Å². The third-order valence-electron chi connectivity index (χ3n) is 3.09. The molecule has 0 aliphatic heterocycles. The highest BCUT2D eigenvalue weighted by atomic mass is 31.2. The summed E-state index contributed by atoms with van der Waals surface area (Å²) in [5, 5.41) is 1.77. The molecule has 0 fully saturated rings. The van der Waals surface area contributed by atoms with Gasteiger partial charge in [0, 0.05) is 12.0 Å². The third-order valence-corrected chi connectivity index (χ3v) is 4.14. The second-order valence-electron chi connectivity index (χ2n) is 4.81. The Hall–Kier alpha value is -1.43. The van der Waals surface area contributed by atoms with E-state index in [0.717, 1.165) is 10.8 Å². The molecule has 0 spiro atoms.